The number of hydrogen-bond donors (Lipinski definition) is 2. The van der Waals surface area contributed by atoms with Crippen molar-refractivity contribution in [1.82, 2.24) is 0 Å². The Kier molecular flexibility index (Phi) is 4.06. The highest BCUT2D eigenvalue weighted by atomic mass is 79.9. The normalized spacial score (nSPS) is 10.2. The van der Waals surface area contributed by atoms with Gasteiger partial charge in [0.15, 0.2) is 0 Å². The fourth-order valence-electron chi connectivity index (χ4n) is 1.56. The van der Waals surface area contributed by atoms with E-state index < -0.39 is 5.97 Å². The van der Waals surface area contributed by atoms with Crippen LogP contribution in [0.15, 0.2) is 46.9 Å². The van der Waals surface area contributed by atoms with Crippen molar-refractivity contribution < 1.29 is 19.7 Å². The summed E-state index contributed by atoms with van der Waals surface area (Å²) in [5.74, 6) is -0.255. The topological polar surface area (TPSA) is 66.8 Å². The highest BCUT2D eigenvalue weighted by molar-refractivity contribution is 9.10. The molecule has 0 amide bonds. The number of aromatic hydroxyl groups is 1. The minimum atomic E-state index is -0.986. The molecular formula is C14H11BrO4. The number of benzene rings is 2. The average Bonchev–Trinajstić information content (AvgIpc) is 2.37. The summed E-state index contributed by atoms with van der Waals surface area (Å²) in [4.78, 5) is 10.8. The molecule has 19 heavy (non-hydrogen) atoms. The maximum atomic E-state index is 10.8. The van der Waals surface area contributed by atoms with Crippen LogP contribution >= 0.6 is 15.9 Å². The first-order valence-electron chi connectivity index (χ1n) is 5.50. The lowest BCUT2D eigenvalue weighted by atomic mass is 10.2. The first kappa shape index (κ1) is 13.4. The molecular weight excluding hydrogens is 312 g/mol. The van der Waals surface area contributed by atoms with Gasteiger partial charge in [0.25, 0.3) is 0 Å². The zero-order valence-corrected chi connectivity index (χ0v) is 11.4. The van der Waals surface area contributed by atoms with Gasteiger partial charge in [0, 0.05) is 0 Å². The van der Waals surface area contributed by atoms with Gasteiger partial charge in [0.1, 0.15) is 18.1 Å². The molecule has 0 heterocycles. The van der Waals surface area contributed by atoms with Crippen LogP contribution in [-0.4, -0.2) is 16.2 Å². The van der Waals surface area contributed by atoms with E-state index in [4.69, 9.17) is 9.84 Å². The van der Waals surface area contributed by atoms with Gasteiger partial charge in [-0.1, -0.05) is 12.1 Å². The van der Waals surface area contributed by atoms with E-state index in [0.29, 0.717) is 16.8 Å². The molecule has 0 saturated heterocycles. The predicted octanol–water partition coefficient (Wildman–Crippen LogP) is 3.43. The fourth-order valence-corrected chi connectivity index (χ4v) is 2.05. The molecule has 2 rings (SSSR count). The van der Waals surface area contributed by atoms with E-state index in [2.05, 4.69) is 15.9 Å². The van der Waals surface area contributed by atoms with Crippen molar-refractivity contribution in [3.8, 4) is 11.5 Å². The molecule has 5 heteroatoms. The quantitative estimate of drug-likeness (QED) is 0.905. The smallest absolute Gasteiger partial charge is 0.335 e. The number of aromatic carboxylic acids is 1. The molecule has 0 atom stereocenters. The standard InChI is InChI=1S/C14H11BrO4/c15-12-7-10(14(17)18)4-5-13(12)19-8-9-2-1-3-11(16)6-9/h1-7,16H,8H2,(H,17,18). The Morgan fingerprint density at radius 3 is 2.63 bits per heavy atom. The number of halogens is 1. The van der Waals surface area contributed by atoms with Crippen LogP contribution in [0.3, 0.4) is 0 Å². The van der Waals surface area contributed by atoms with Crippen LogP contribution in [0.5, 0.6) is 11.5 Å². The van der Waals surface area contributed by atoms with Crippen LogP contribution in [0.25, 0.3) is 0 Å². The van der Waals surface area contributed by atoms with Crippen molar-refractivity contribution in [1.29, 1.82) is 0 Å². The van der Waals surface area contributed by atoms with E-state index in [1.165, 1.54) is 12.1 Å². The molecule has 0 saturated carbocycles. The number of carboxylic acid groups (broad SMARTS) is 1. The minimum Gasteiger partial charge on any atom is -0.508 e. The number of phenolic OH excluding ortho intramolecular Hbond substituents is 1. The zero-order chi connectivity index (χ0) is 13.8. The zero-order valence-electron chi connectivity index (χ0n) is 9.84. The van der Waals surface area contributed by atoms with Crippen LogP contribution in [0.2, 0.25) is 0 Å². The van der Waals surface area contributed by atoms with E-state index in [0.717, 1.165) is 5.56 Å². The average molecular weight is 323 g/mol. The molecule has 0 spiro atoms. The largest absolute Gasteiger partial charge is 0.508 e. The second-order valence-electron chi connectivity index (χ2n) is 3.91. The maximum absolute atomic E-state index is 10.8. The van der Waals surface area contributed by atoms with Gasteiger partial charge in [-0.2, -0.15) is 0 Å². The lowest BCUT2D eigenvalue weighted by molar-refractivity contribution is 0.0696. The predicted molar refractivity (Wildman–Crippen MR) is 73.5 cm³/mol. The molecule has 0 unspecified atom stereocenters. The summed E-state index contributed by atoms with van der Waals surface area (Å²) in [6.07, 6.45) is 0. The Morgan fingerprint density at radius 1 is 1.21 bits per heavy atom. The third-order valence-corrected chi connectivity index (χ3v) is 3.10. The van der Waals surface area contributed by atoms with Gasteiger partial charge in [0.2, 0.25) is 0 Å². The SMILES string of the molecule is O=C(O)c1ccc(OCc2cccc(O)c2)c(Br)c1. The molecule has 0 bridgehead atoms. The summed E-state index contributed by atoms with van der Waals surface area (Å²) in [5.41, 5.74) is 1.02. The summed E-state index contributed by atoms with van der Waals surface area (Å²) in [6.45, 7) is 0.291. The Hall–Kier alpha value is -2.01. The van der Waals surface area contributed by atoms with Gasteiger partial charge < -0.3 is 14.9 Å². The molecule has 0 aliphatic rings. The molecule has 0 aliphatic carbocycles. The second kappa shape index (κ2) is 5.75. The maximum Gasteiger partial charge on any atom is 0.335 e. The molecule has 0 radical (unpaired) electrons. The number of carbonyl (C=O) groups is 1. The van der Waals surface area contributed by atoms with Crippen LogP contribution < -0.4 is 4.74 Å². The number of hydrogen-bond acceptors (Lipinski definition) is 3. The molecule has 0 fully saturated rings. The first-order valence-corrected chi connectivity index (χ1v) is 6.29. The molecule has 4 nitrogen and oxygen atoms in total. The molecule has 0 aromatic heterocycles. The van der Waals surface area contributed by atoms with Gasteiger partial charge in [-0.3, -0.25) is 0 Å². The molecule has 98 valence electrons. The molecule has 2 aromatic carbocycles. The van der Waals surface area contributed by atoms with E-state index >= 15 is 0 Å². The summed E-state index contributed by atoms with van der Waals surface area (Å²) in [5, 5.41) is 18.2. The van der Waals surface area contributed by atoms with Crippen molar-refractivity contribution in [2.24, 2.45) is 0 Å². The third kappa shape index (κ3) is 3.48. The van der Waals surface area contributed by atoms with Crippen LogP contribution in [0.4, 0.5) is 0 Å². The molecule has 2 N–H and O–H groups in total. The van der Waals surface area contributed by atoms with Crippen LogP contribution in [0.1, 0.15) is 15.9 Å². The number of phenols is 1. The summed E-state index contributed by atoms with van der Waals surface area (Å²) in [6, 6.07) is 11.3. The lowest BCUT2D eigenvalue weighted by Gasteiger charge is -2.09. The van der Waals surface area contributed by atoms with E-state index in [1.807, 2.05) is 6.07 Å². The van der Waals surface area contributed by atoms with Crippen molar-refractivity contribution in [3.63, 3.8) is 0 Å². The van der Waals surface area contributed by atoms with E-state index in [1.54, 1.807) is 24.3 Å². The van der Waals surface area contributed by atoms with Gasteiger partial charge in [-0.25, -0.2) is 4.79 Å². The first-order chi connectivity index (χ1) is 9.06. The van der Waals surface area contributed by atoms with Gasteiger partial charge in [-0.05, 0) is 51.8 Å². The third-order valence-electron chi connectivity index (χ3n) is 2.48. The highest BCUT2D eigenvalue weighted by Gasteiger charge is 2.07. The van der Waals surface area contributed by atoms with Crippen molar-refractivity contribution in [2.75, 3.05) is 0 Å². The van der Waals surface area contributed by atoms with Gasteiger partial charge in [-0.15, -0.1) is 0 Å². The Morgan fingerprint density at radius 2 is 2.00 bits per heavy atom. The van der Waals surface area contributed by atoms with Crippen molar-refractivity contribution in [3.05, 3.63) is 58.1 Å². The monoisotopic (exact) mass is 322 g/mol. The number of rotatable bonds is 4. The Balaban J connectivity index is 2.10. The second-order valence-corrected chi connectivity index (χ2v) is 4.76. The lowest BCUT2D eigenvalue weighted by Crippen LogP contribution is -1.99. The summed E-state index contributed by atoms with van der Waals surface area (Å²) >= 11 is 3.27. The van der Waals surface area contributed by atoms with Crippen LogP contribution in [0, 0.1) is 0 Å². The van der Waals surface area contributed by atoms with Gasteiger partial charge in [0.05, 0.1) is 10.0 Å². The van der Waals surface area contributed by atoms with Crippen molar-refractivity contribution >= 4 is 21.9 Å². The summed E-state index contributed by atoms with van der Waals surface area (Å²) < 4.78 is 6.14. The van der Waals surface area contributed by atoms with E-state index in [9.17, 15) is 9.90 Å². The molecule has 2 aromatic rings. The Labute approximate surface area is 118 Å². The summed E-state index contributed by atoms with van der Waals surface area (Å²) in [7, 11) is 0. The molecule has 0 aliphatic heterocycles. The Bertz CT molecular complexity index is 610. The van der Waals surface area contributed by atoms with Gasteiger partial charge >= 0.3 is 5.97 Å². The van der Waals surface area contributed by atoms with Crippen molar-refractivity contribution in [2.45, 2.75) is 6.61 Å². The van der Waals surface area contributed by atoms with E-state index in [-0.39, 0.29) is 11.3 Å². The number of ether oxygens (including phenoxy) is 1. The number of carboxylic acids is 1. The minimum absolute atomic E-state index is 0.182. The van der Waals surface area contributed by atoms with Crippen LogP contribution in [-0.2, 0) is 6.61 Å². The fraction of sp³-hybridized carbons (Fsp3) is 0.0714. The highest BCUT2D eigenvalue weighted by Crippen LogP contribution is 2.27.